The van der Waals surface area contributed by atoms with Gasteiger partial charge in [-0.25, -0.2) is 0 Å². The zero-order chi connectivity index (χ0) is 17.3. The van der Waals surface area contributed by atoms with Gasteiger partial charge >= 0.3 is 5.97 Å². The maximum absolute atomic E-state index is 11.3. The molecule has 3 N–H and O–H groups in total. The smallest absolute Gasteiger partial charge is 0.307 e. The van der Waals surface area contributed by atoms with Crippen LogP contribution in [-0.4, -0.2) is 25.9 Å². The van der Waals surface area contributed by atoms with Crippen molar-refractivity contribution in [3.05, 3.63) is 59.3 Å². The number of aromatic hydroxyl groups is 2. The molecule has 0 fully saturated rings. The van der Waals surface area contributed by atoms with Crippen LogP contribution in [0.2, 0.25) is 0 Å². The number of phenols is 2. The molecule has 0 atom stereocenters. The van der Waals surface area contributed by atoms with Crippen LogP contribution in [0.4, 0.5) is 0 Å². The van der Waals surface area contributed by atoms with E-state index in [0.717, 1.165) is 16.8 Å². The number of fused-ring (bicyclic) bond motifs is 1. The number of aromatic nitrogens is 1. The van der Waals surface area contributed by atoms with E-state index in [-0.39, 0.29) is 17.9 Å². The molecule has 0 saturated heterocycles. The Labute approximate surface area is 139 Å². The number of phenolic OH excluding ortho intramolecular Hbond substituents is 2. The van der Waals surface area contributed by atoms with E-state index in [9.17, 15) is 20.1 Å². The van der Waals surface area contributed by atoms with Gasteiger partial charge in [-0.1, -0.05) is 25.1 Å². The van der Waals surface area contributed by atoms with Crippen LogP contribution < -0.4 is 0 Å². The molecule has 0 aliphatic heterocycles. The first-order valence-corrected chi connectivity index (χ1v) is 7.83. The topological polar surface area (TPSA) is 82.7 Å². The summed E-state index contributed by atoms with van der Waals surface area (Å²) in [7, 11) is 0. The quantitative estimate of drug-likeness (QED) is 0.672. The van der Waals surface area contributed by atoms with E-state index < -0.39 is 5.97 Å². The molecular formula is C19H19NO4. The lowest BCUT2D eigenvalue weighted by molar-refractivity contribution is -0.136. The Morgan fingerprint density at radius 3 is 2.54 bits per heavy atom. The van der Waals surface area contributed by atoms with E-state index in [1.165, 1.54) is 0 Å². The van der Waals surface area contributed by atoms with E-state index in [1.54, 1.807) is 30.3 Å². The second kappa shape index (κ2) is 6.28. The summed E-state index contributed by atoms with van der Waals surface area (Å²) in [5, 5.41) is 29.8. The number of carboxylic acid groups (broad SMARTS) is 1. The lowest BCUT2D eigenvalue weighted by Crippen LogP contribution is -2.07. The fourth-order valence-electron chi connectivity index (χ4n) is 3.28. The molecule has 1 aromatic heterocycles. The maximum atomic E-state index is 11.3. The predicted octanol–water partition coefficient (Wildman–Crippen LogP) is 3.29. The molecule has 3 rings (SSSR count). The molecule has 2 aromatic carbocycles. The average molecular weight is 325 g/mol. The maximum Gasteiger partial charge on any atom is 0.307 e. The summed E-state index contributed by atoms with van der Waals surface area (Å²) in [4.78, 5) is 11.3. The first-order chi connectivity index (χ1) is 11.5. The minimum atomic E-state index is -0.927. The second-order valence-electron chi connectivity index (χ2n) is 5.78. The molecule has 0 radical (unpaired) electrons. The lowest BCUT2D eigenvalue weighted by atomic mass is 10.1. The van der Waals surface area contributed by atoms with Gasteiger partial charge in [-0.3, -0.25) is 4.79 Å². The van der Waals surface area contributed by atoms with Crippen molar-refractivity contribution in [2.45, 2.75) is 26.3 Å². The standard InChI is InChI=1S/C19H19NO4/c1-2-15-14(10-18(23)24)19-16(7-4-8-17(19)22)20(15)11-12-5-3-6-13(21)9-12/h3-9,21-22H,2,10-11H2,1H3,(H,23,24). The van der Waals surface area contributed by atoms with Crippen molar-refractivity contribution in [1.29, 1.82) is 0 Å². The highest BCUT2D eigenvalue weighted by Crippen LogP contribution is 2.34. The van der Waals surface area contributed by atoms with Crippen molar-refractivity contribution < 1.29 is 20.1 Å². The summed E-state index contributed by atoms with van der Waals surface area (Å²) in [6, 6.07) is 12.2. The Morgan fingerprint density at radius 1 is 1.12 bits per heavy atom. The highest BCUT2D eigenvalue weighted by atomic mass is 16.4. The fourth-order valence-corrected chi connectivity index (χ4v) is 3.28. The summed E-state index contributed by atoms with van der Waals surface area (Å²) < 4.78 is 2.02. The van der Waals surface area contributed by atoms with Gasteiger partial charge in [0.2, 0.25) is 0 Å². The Balaban J connectivity index is 2.22. The third-order valence-electron chi connectivity index (χ3n) is 4.20. The number of aliphatic carboxylic acids is 1. The summed E-state index contributed by atoms with van der Waals surface area (Å²) in [5.74, 6) is -0.645. The third kappa shape index (κ3) is 2.80. The summed E-state index contributed by atoms with van der Waals surface area (Å²) in [5.41, 5.74) is 3.24. The third-order valence-corrected chi connectivity index (χ3v) is 4.20. The molecule has 0 aliphatic rings. The largest absolute Gasteiger partial charge is 0.508 e. The van der Waals surface area contributed by atoms with Gasteiger partial charge in [0.25, 0.3) is 0 Å². The SMILES string of the molecule is CCc1c(CC(=O)O)c2c(O)cccc2n1Cc1cccc(O)c1. The molecule has 0 bridgehead atoms. The lowest BCUT2D eigenvalue weighted by Gasteiger charge is -2.11. The monoisotopic (exact) mass is 325 g/mol. The van der Waals surface area contributed by atoms with E-state index in [0.29, 0.717) is 23.9 Å². The highest BCUT2D eigenvalue weighted by molar-refractivity contribution is 5.93. The van der Waals surface area contributed by atoms with Crippen LogP contribution in [0.5, 0.6) is 11.5 Å². The fraction of sp³-hybridized carbons (Fsp3) is 0.211. The molecule has 5 nitrogen and oxygen atoms in total. The second-order valence-corrected chi connectivity index (χ2v) is 5.78. The normalized spacial score (nSPS) is 11.0. The van der Waals surface area contributed by atoms with E-state index in [2.05, 4.69) is 0 Å². The summed E-state index contributed by atoms with van der Waals surface area (Å²) >= 11 is 0. The number of carboxylic acids is 1. The van der Waals surface area contributed by atoms with Crippen molar-refractivity contribution in [2.75, 3.05) is 0 Å². The number of hydrogen-bond acceptors (Lipinski definition) is 3. The number of carbonyl (C=O) groups is 1. The molecule has 0 aliphatic carbocycles. The van der Waals surface area contributed by atoms with Crippen molar-refractivity contribution in [1.82, 2.24) is 4.57 Å². The van der Waals surface area contributed by atoms with Crippen molar-refractivity contribution in [3.63, 3.8) is 0 Å². The first-order valence-electron chi connectivity index (χ1n) is 7.83. The molecule has 1 heterocycles. The highest BCUT2D eigenvalue weighted by Gasteiger charge is 2.20. The van der Waals surface area contributed by atoms with Crippen LogP contribution in [0.25, 0.3) is 10.9 Å². The van der Waals surface area contributed by atoms with Gasteiger partial charge in [0, 0.05) is 17.6 Å². The zero-order valence-electron chi connectivity index (χ0n) is 13.4. The molecule has 0 amide bonds. The van der Waals surface area contributed by atoms with E-state index >= 15 is 0 Å². The van der Waals surface area contributed by atoms with Gasteiger partial charge < -0.3 is 19.9 Å². The molecule has 0 spiro atoms. The Bertz CT molecular complexity index is 911. The van der Waals surface area contributed by atoms with E-state index in [4.69, 9.17) is 0 Å². The van der Waals surface area contributed by atoms with Crippen molar-refractivity contribution in [2.24, 2.45) is 0 Å². The average Bonchev–Trinajstić information content (AvgIpc) is 2.81. The number of hydrogen-bond donors (Lipinski definition) is 3. The minimum Gasteiger partial charge on any atom is -0.508 e. The van der Waals surface area contributed by atoms with E-state index in [1.807, 2.05) is 23.6 Å². The van der Waals surface area contributed by atoms with Crippen LogP contribution in [0.3, 0.4) is 0 Å². The van der Waals surface area contributed by atoms with Gasteiger partial charge in [0.1, 0.15) is 11.5 Å². The summed E-state index contributed by atoms with van der Waals surface area (Å²) in [6.45, 7) is 2.47. The molecule has 0 unspecified atom stereocenters. The van der Waals surface area contributed by atoms with Gasteiger partial charge in [-0.2, -0.15) is 0 Å². The Hall–Kier alpha value is -2.95. The van der Waals surface area contributed by atoms with Gasteiger partial charge in [-0.15, -0.1) is 0 Å². The first kappa shape index (κ1) is 15.9. The molecule has 24 heavy (non-hydrogen) atoms. The molecular weight excluding hydrogens is 306 g/mol. The van der Waals surface area contributed by atoms with Crippen LogP contribution in [-0.2, 0) is 24.2 Å². The van der Waals surface area contributed by atoms with Gasteiger partial charge in [0.05, 0.1) is 11.9 Å². The van der Waals surface area contributed by atoms with Crippen LogP contribution in [0, 0.1) is 0 Å². The number of nitrogens with zero attached hydrogens (tertiary/aromatic N) is 1. The number of rotatable bonds is 5. The van der Waals surface area contributed by atoms with Crippen molar-refractivity contribution >= 4 is 16.9 Å². The van der Waals surface area contributed by atoms with Gasteiger partial charge in [-0.05, 0) is 41.8 Å². The minimum absolute atomic E-state index is 0.0908. The van der Waals surface area contributed by atoms with Crippen molar-refractivity contribution in [3.8, 4) is 11.5 Å². The van der Waals surface area contributed by atoms with Gasteiger partial charge in [0.15, 0.2) is 0 Å². The Morgan fingerprint density at radius 2 is 1.88 bits per heavy atom. The Kier molecular flexibility index (Phi) is 4.16. The zero-order valence-corrected chi connectivity index (χ0v) is 13.4. The molecule has 0 saturated carbocycles. The molecule has 5 heteroatoms. The van der Waals surface area contributed by atoms with Crippen LogP contribution in [0.1, 0.15) is 23.7 Å². The molecule has 124 valence electrons. The number of benzene rings is 2. The predicted molar refractivity (Wildman–Crippen MR) is 91.5 cm³/mol. The van der Waals surface area contributed by atoms with Crippen LogP contribution >= 0.6 is 0 Å². The molecule has 3 aromatic rings. The summed E-state index contributed by atoms with van der Waals surface area (Å²) in [6.07, 6.45) is 0.514. The van der Waals surface area contributed by atoms with Crippen LogP contribution in [0.15, 0.2) is 42.5 Å².